The van der Waals surface area contributed by atoms with E-state index in [1.165, 1.54) is 6.08 Å². The minimum absolute atomic E-state index is 0.0705. The molecule has 0 saturated carbocycles. The molecule has 0 bridgehead atoms. The van der Waals surface area contributed by atoms with E-state index in [2.05, 4.69) is 26.1 Å². The van der Waals surface area contributed by atoms with Gasteiger partial charge in [-0.1, -0.05) is 69.6 Å². The predicted octanol–water partition coefficient (Wildman–Crippen LogP) is 4.26. The summed E-state index contributed by atoms with van der Waals surface area (Å²) in [5.41, 5.74) is 1.73. The quantitative estimate of drug-likeness (QED) is 0.485. The van der Waals surface area contributed by atoms with Crippen molar-refractivity contribution in [1.82, 2.24) is 10.1 Å². The number of nitrogens with zero attached hydrogens (tertiary/aromatic N) is 2. The molecule has 0 radical (unpaired) electrons. The Morgan fingerprint density at radius 2 is 1.88 bits per heavy atom. The Hall–Kier alpha value is -2.73. The molecular weight excluding hydrogens is 372 g/mol. The molecule has 0 aliphatic rings. The number of hydrogen-bond donors (Lipinski definition) is 0. The number of ether oxygens (including phenoxy) is 1. The molecule has 0 atom stereocenters. The van der Waals surface area contributed by atoms with Gasteiger partial charge in [0.1, 0.15) is 0 Å². The molecule has 120 valence electrons. The van der Waals surface area contributed by atoms with E-state index in [1.54, 1.807) is 6.08 Å². The van der Waals surface area contributed by atoms with Crippen molar-refractivity contribution in [3.63, 3.8) is 0 Å². The third-order valence-electron chi connectivity index (χ3n) is 3.14. The summed E-state index contributed by atoms with van der Waals surface area (Å²) < 4.78 is 11.1. The normalized spacial score (nSPS) is 10.9. The van der Waals surface area contributed by atoms with Crippen LogP contribution in [0.25, 0.3) is 17.5 Å². The van der Waals surface area contributed by atoms with Gasteiger partial charge in [0, 0.05) is 16.1 Å². The summed E-state index contributed by atoms with van der Waals surface area (Å²) in [4.78, 5) is 16.0. The Bertz CT molecular complexity index is 859. The zero-order valence-corrected chi connectivity index (χ0v) is 14.1. The van der Waals surface area contributed by atoms with E-state index >= 15 is 0 Å². The summed E-state index contributed by atoms with van der Waals surface area (Å²) >= 11 is 3.41. The number of esters is 1. The fourth-order valence-electron chi connectivity index (χ4n) is 1.97. The molecule has 2 aromatic carbocycles. The highest BCUT2D eigenvalue weighted by Gasteiger charge is 2.09. The van der Waals surface area contributed by atoms with Gasteiger partial charge >= 0.3 is 5.97 Å². The maximum Gasteiger partial charge on any atom is 0.331 e. The molecule has 0 N–H and O–H groups in total. The summed E-state index contributed by atoms with van der Waals surface area (Å²) in [6.45, 7) is -0.0705. The Labute approximate surface area is 147 Å². The highest BCUT2D eigenvalue weighted by molar-refractivity contribution is 9.10. The van der Waals surface area contributed by atoms with Gasteiger partial charge in [0.25, 0.3) is 5.89 Å². The van der Waals surface area contributed by atoms with Crippen molar-refractivity contribution in [3.05, 3.63) is 76.6 Å². The van der Waals surface area contributed by atoms with Crippen molar-refractivity contribution >= 4 is 28.0 Å². The van der Waals surface area contributed by atoms with Crippen molar-refractivity contribution in [2.45, 2.75) is 6.61 Å². The van der Waals surface area contributed by atoms with Gasteiger partial charge < -0.3 is 9.26 Å². The molecule has 3 rings (SSSR count). The third-order valence-corrected chi connectivity index (χ3v) is 3.86. The Morgan fingerprint density at radius 1 is 1.12 bits per heavy atom. The monoisotopic (exact) mass is 384 g/mol. The first-order valence-corrected chi connectivity index (χ1v) is 7.99. The number of carbonyl (C=O) groups is 1. The highest BCUT2D eigenvalue weighted by Crippen LogP contribution is 2.17. The zero-order chi connectivity index (χ0) is 16.8. The van der Waals surface area contributed by atoms with Crippen LogP contribution in [0.3, 0.4) is 0 Å². The number of halogens is 1. The van der Waals surface area contributed by atoms with Gasteiger partial charge in [-0.15, -0.1) is 0 Å². The SMILES string of the molecule is O=C(/C=C/c1ccccc1Br)OCc1nc(-c2ccccc2)no1. The van der Waals surface area contributed by atoms with Crippen LogP contribution in [0.4, 0.5) is 0 Å². The van der Waals surface area contributed by atoms with E-state index in [-0.39, 0.29) is 12.5 Å². The summed E-state index contributed by atoms with van der Waals surface area (Å²) in [7, 11) is 0. The molecule has 5 nitrogen and oxygen atoms in total. The Kier molecular flexibility index (Phi) is 5.18. The van der Waals surface area contributed by atoms with E-state index in [1.807, 2.05) is 54.6 Å². The van der Waals surface area contributed by atoms with Gasteiger partial charge in [-0.25, -0.2) is 4.79 Å². The summed E-state index contributed by atoms with van der Waals surface area (Å²) in [6.07, 6.45) is 3.03. The molecule has 0 saturated heterocycles. The number of benzene rings is 2. The molecule has 0 spiro atoms. The first kappa shape index (κ1) is 16.1. The molecular formula is C18H13BrN2O3. The van der Waals surface area contributed by atoms with Crippen LogP contribution in [-0.2, 0) is 16.1 Å². The molecule has 1 heterocycles. The van der Waals surface area contributed by atoms with Crippen molar-refractivity contribution in [1.29, 1.82) is 0 Å². The molecule has 0 aliphatic carbocycles. The van der Waals surface area contributed by atoms with Crippen LogP contribution in [0, 0.1) is 0 Å². The van der Waals surface area contributed by atoms with Crippen molar-refractivity contribution in [2.24, 2.45) is 0 Å². The van der Waals surface area contributed by atoms with Crippen molar-refractivity contribution in [3.8, 4) is 11.4 Å². The summed E-state index contributed by atoms with van der Waals surface area (Å²) in [6, 6.07) is 17.0. The number of hydrogen-bond acceptors (Lipinski definition) is 5. The Balaban J connectivity index is 1.57. The van der Waals surface area contributed by atoms with E-state index in [0.29, 0.717) is 5.82 Å². The first-order valence-electron chi connectivity index (χ1n) is 7.20. The van der Waals surface area contributed by atoms with Crippen LogP contribution in [0.2, 0.25) is 0 Å². The molecule has 0 amide bonds. The van der Waals surface area contributed by atoms with Gasteiger partial charge in [-0.3, -0.25) is 0 Å². The standard InChI is InChI=1S/C18H13BrN2O3/c19-15-9-5-4-6-13(15)10-11-17(22)23-12-16-20-18(21-24-16)14-7-2-1-3-8-14/h1-11H,12H2/b11-10+. The van der Waals surface area contributed by atoms with Gasteiger partial charge in [-0.2, -0.15) is 4.98 Å². The fraction of sp³-hybridized carbons (Fsp3) is 0.0556. The number of carbonyl (C=O) groups excluding carboxylic acids is 1. The van der Waals surface area contributed by atoms with Crippen LogP contribution < -0.4 is 0 Å². The maximum atomic E-state index is 11.8. The van der Waals surface area contributed by atoms with Gasteiger partial charge in [0.2, 0.25) is 5.82 Å². The molecule has 0 aliphatic heterocycles. The third kappa shape index (κ3) is 4.17. The lowest BCUT2D eigenvalue weighted by Crippen LogP contribution is -2.01. The molecule has 0 unspecified atom stereocenters. The zero-order valence-electron chi connectivity index (χ0n) is 12.6. The van der Waals surface area contributed by atoms with Crippen LogP contribution in [0.1, 0.15) is 11.5 Å². The summed E-state index contributed by atoms with van der Waals surface area (Å²) in [5, 5.41) is 3.87. The largest absolute Gasteiger partial charge is 0.452 e. The van der Waals surface area contributed by atoms with Gasteiger partial charge in [0.05, 0.1) is 0 Å². The molecule has 24 heavy (non-hydrogen) atoms. The minimum atomic E-state index is -0.481. The highest BCUT2D eigenvalue weighted by atomic mass is 79.9. The van der Waals surface area contributed by atoms with Crippen LogP contribution >= 0.6 is 15.9 Å². The van der Waals surface area contributed by atoms with E-state index in [9.17, 15) is 4.79 Å². The average molecular weight is 385 g/mol. The first-order chi connectivity index (χ1) is 11.7. The maximum absolute atomic E-state index is 11.8. The smallest absolute Gasteiger partial charge is 0.331 e. The molecule has 6 heteroatoms. The average Bonchev–Trinajstić information content (AvgIpc) is 3.09. The lowest BCUT2D eigenvalue weighted by Gasteiger charge is -1.98. The van der Waals surface area contributed by atoms with E-state index < -0.39 is 5.97 Å². The van der Waals surface area contributed by atoms with Gasteiger partial charge in [0.15, 0.2) is 6.61 Å². The van der Waals surface area contributed by atoms with E-state index in [4.69, 9.17) is 9.26 Å². The van der Waals surface area contributed by atoms with E-state index in [0.717, 1.165) is 15.6 Å². The predicted molar refractivity (Wildman–Crippen MR) is 92.7 cm³/mol. The molecule has 3 aromatic rings. The lowest BCUT2D eigenvalue weighted by molar-refractivity contribution is -0.139. The lowest BCUT2D eigenvalue weighted by atomic mass is 10.2. The van der Waals surface area contributed by atoms with Gasteiger partial charge in [-0.05, 0) is 17.7 Å². The topological polar surface area (TPSA) is 65.2 Å². The second-order valence-electron chi connectivity index (χ2n) is 4.84. The summed E-state index contributed by atoms with van der Waals surface area (Å²) in [5.74, 6) is 0.229. The second kappa shape index (κ2) is 7.70. The van der Waals surface area contributed by atoms with Crippen LogP contribution in [-0.4, -0.2) is 16.1 Å². The van der Waals surface area contributed by atoms with Crippen LogP contribution in [0.15, 0.2) is 69.7 Å². The minimum Gasteiger partial charge on any atom is -0.452 e. The second-order valence-corrected chi connectivity index (χ2v) is 5.69. The van der Waals surface area contributed by atoms with Crippen molar-refractivity contribution < 1.29 is 14.1 Å². The fourth-order valence-corrected chi connectivity index (χ4v) is 2.38. The number of aromatic nitrogens is 2. The number of rotatable bonds is 5. The Morgan fingerprint density at radius 3 is 2.67 bits per heavy atom. The molecule has 0 fully saturated rings. The van der Waals surface area contributed by atoms with Crippen LogP contribution in [0.5, 0.6) is 0 Å². The van der Waals surface area contributed by atoms with Crippen molar-refractivity contribution in [2.75, 3.05) is 0 Å². The molecule has 1 aromatic heterocycles.